The van der Waals surface area contributed by atoms with Crippen LogP contribution in [-0.2, 0) is 5.41 Å². The molecule has 0 N–H and O–H groups in total. The number of allylic oxidation sites excluding steroid dienone is 2. The van der Waals surface area contributed by atoms with Gasteiger partial charge in [0.05, 0.1) is 22.1 Å². The summed E-state index contributed by atoms with van der Waals surface area (Å²) in [6.45, 7) is 24.6. The molecule has 2 amide bonds. The van der Waals surface area contributed by atoms with Gasteiger partial charge in [0, 0.05) is 16.5 Å². The first-order chi connectivity index (χ1) is 32.1. The van der Waals surface area contributed by atoms with Gasteiger partial charge in [-0.2, -0.15) is 0 Å². The molecule has 328 valence electrons. The molecule has 67 heavy (non-hydrogen) atoms. The molecule has 0 saturated carbocycles. The standard InChI is InChI=1S/C59H53B2N3O3/c1-32-26-34(3)53(35(4)27-32)60-38(7)56-62(45-20-16-24-49-51(45)41-18-12-14-22-47(41)66-49)58(65)63(46-21-17-25-50-52(46)42-19-13-15-23-48(42)67-50)57-39(8)61(54-36(5)28-33(2)29-37(54)6)44-31-40(59(9,10)11)30-43(60)55(44)64(56)57/h12-31H,1-11H3. The molecule has 6 nitrogen and oxygen atoms in total. The number of furan rings is 2. The predicted molar refractivity (Wildman–Crippen MR) is 282 cm³/mol. The van der Waals surface area contributed by atoms with Gasteiger partial charge in [-0.3, -0.25) is 4.90 Å². The lowest BCUT2D eigenvalue weighted by Gasteiger charge is -2.54. The number of aryl methyl sites for hydroxylation is 6. The van der Waals surface area contributed by atoms with Crippen LogP contribution in [-0.4, -0.2) is 19.5 Å². The van der Waals surface area contributed by atoms with Gasteiger partial charge in [-0.1, -0.05) is 161 Å². The minimum atomic E-state index is -0.166. The van der Waals surface area contributed by atoms with E-state index in [0.29, 0.717) is 0 Å². The number of fused-ring (bicyclic) bond motifs is 6. The normalized spacial score (nSPS) is 15.1. The monoisotopic (exact) mass is 873 g/mol. The molecule has 0 unspecified atom stereocenters. The molecule has 1 fully saturated rings. The van der Waals surface area contributed by atoms with Crippen LogP contribution >= 0.6 is 0 Å². The van der Waals surface area contributed by atoms with Crippen LogP contribution in [0.15, 0.2) is 153 Å². The van der Waals surface area contributed by atoms with Crippen molar-refractivity contribution in [2.45, 2.75) is 81.6 Å². The smallest absolute Gasteiger partial charge is 0.340 e. The zero-order valence-electron chi connectivity index (χ0n) is 40.3. The number of urea groups is 1. The number of hydrogen-bond donors (Lipinski definition) is 0. The van der Waals surface area contributed by atoms with E-state index in [9.17, 15) is 0 Å². The summed E-state index contributed by atoms with van der Waals surface area (Å²) >= 11 is 0. The molecule has 1 saturated heterocycles. The average Bonchev–Trinajstić information content (AvgIpc) is 3.86. The molecule has 0 aliphatic carbocycles. The Kier molecular flexibility index (Phi) is 8.87. The van der Waals surface area contributed by atoms with E-state index in [1.165, 1.54) is 60.8 Å². The third-order valence-corrected chi connectivity index (χ3v) is 15.0. The van der Waals surface area contributed by atoms with Crippen molar-refractivity contribution in [3.63, 3.8) is 0 Å². The van der Waals surface area contributed by atoms with Crippen LogP contribution in [0, 0.1) is 41.5 Å². The van der Waals surface area contributed by atoms with Crippen LogP contribution in [0.4, 0.5) is 21.9 Å². The highest BCUT2D eigenvalue weighted by molar-refractivity contribution is 6.97. The van der Waals surface area contributed by atoms with Gasteiger partial charge in [0.25, 0.3) is 0 Å². The van der Waals surface area contributed by atoms with Crippen LogP contribution in [0.3, 0.4) is 0 Å². The summed E-state index contributed by atoms with van der Waals surface area (Å²) in [6, 6.07) is 42.7. The van der Waals surface area contributed by atoms with Crippen LogP contribution in [0.1, 0.15) is 73.6 Å². The highest BCUT2D eigenvalue weighted by Gasteiger charge is 2.54. The molecule has 2 aromatic heterocycles. The summed E-state index contributed by atoms with van der Waals surface area (Å²) in [5, 5.41) is 3.72. The number of carbonyl (C=O) groups is 1. The molecule has 0 radical (unpaired) electrons. The van der Waals surface area contributed by atoms with Crippen molar-refractivity contribution in [2.75, 3.05) is 14.7 Å². The molecule has 8 heteroatoms. The Hall–Kier alpha value is -7.18. The van der Waals surface area contributed by atoms with Crippen molar-refractivity contribution in [1.29, 1.82) is 0 Å². The summed E-state index contributed by atoms with van der Waals surface area (Å²) in [5.41, 5.74) is 21.6. The quantitative estimate of drug-likeness (QED) is 0.165. The summed E-state index contributed by atoms with van der Waals surface area (Å²) in [4.78, 5) is 23.4. The van der Waals surface area contributed by atoms with Gasteiger partial charge in [-0.15, -0.1) is 0 Å². The third-order valence-electron chi connectivity index (χ3n) is 15.0. The Bertz CT molecular complexity index is 3450. The zero-order chi connectivity index (χ0) is 46.5. The fourth-order valence-electron chi connectivity index (χ4n) is 12.4. The summed E-state index contributed by atoms with van der Waals surface area (Å²) in [6.07, 6.45) is 0. The summed E-state index contributed by atoms with van der Waals surface area (Å²) in [5.74, 6) is 1.71. The van der Waals surface area contributed by atoms with Crippen LogP contribution < -0.4 is 36.6 Å². The topological polar surface area (TPSA) is 53.1 Å². The Morgan fingerprint density at radius 1 is 0.463 bits per heavy atom. The van der Waals surface area contributed by atoms with Gasteiger partial charge in [0.1, 0.15) is 34.0 Å². The highest BCUT2D eigenvalue weighted by atomic mass is 16.3. The van der Waals surface area contributed by atoms with E-state index in [4.69, 9.17) is 8.83 Å². The number of anilines is 3. The van der Waals surface area contributed by atoms with Crippen molar-refractivity contribution >= 4 is 102 Å². The lowest BCUT2D eigenvalue weighted by molar-refractivity contribution is 0.252. The number of carbonyl (C=O) groups excluding carboxylic acids is 1. The van der Waals surface area contributed by atoms with Gasteiger partial charge in [-0.05, 0) is 114 Å². The van der Waals surface area contributed by atoms with E-state index in [1.54, 1.807) is 0 Å². The van der Waals surface area contributed by atoms with Gasteiger partial charge < -0.3 is 8.83 Å². The van der Waals surface area contributed by atoms with Gasteiger partial charge in [-0.25, -0.2) is 14.6 Å². The van der Waals surface area contributed by atoms with E-state index in [0.717, 1.165) is 83.5 Å². The first-order valence-electron chi connectivity index (χ1n) is 23.6. The maximum atomic E-state index is 16.9. The van der Waals surface area contributed by atoms with Crippen molar-refractivity contribution in [2.24, 2.45) is 0 Å². The molecule has 5 heterocycles. The molecule has 7 aromatic carbocycles. The fraction of sp³-hybridized carbons (Fsp3) is 0.203. The molecule has 9 aromatic rings. The lowest BCUT2D eigenvalue weighted by atomic mass is 9.29. The van der Waals surface area contributed by atoms with E-state index in [1.807, 2.05) is 70.5 Å². The van der Waals surface area contributed by atoms with Crippen molar-refractivity contribution in [3.8, 4) is 0 Å². The van der Waals surface area contributed by atoms with Crippen LogP contribution in [0.5, 0.6) is 0 Å². The Balaban J connectivity index is 1.29. The van der Waals surface area contributed by atoms with Crippen molar-refractivity contribution in [1.82, 2.24) is 0 Å². The first kappa shape index (κ1) is 41.3. The largest absolute Gasteiger partial charge is 0.456 e. The second kappa shape index (κ2) is 14.4. The fourth-order valence-corrected chi connectivity index (χ4v) is 12.4. The third kappa shape index (κ3) is 5.81. The minimum Gasteiger partial charge on any atom is -0.456 e. The second-order valence-electron chi connectivity index (χ2n) is 20.5. The highest BCUT2D eigenvalue weighted by Crippen LogP contribution is 2.50. The van der Waals surface area contributed by atoms with Gasteiger partial charge in [0.2, 0.25) is 13.4 Å². The molecular formula is C59H53B2N3O3. The number of para-hydroxylation sites is 2. The molecular weight excluding hydrogens is 820 g/mol. The predicted octanol–water partition coefficient (Wildman–Crippen LogP) is 12.4. The average molecular weight is 874 g/mol. The van der Waals surface area contributed by atoms with E-state index in [-0.39, 0.29) is 24.9 Å². The molecule has 12 rings (SSSR count). The molecule has 3 aliphatic heterocycles. The van der Waals surface area contributed by atoms with E-state index in [2.05, 4.69) is 142 Å². The second-order valence-corrected chi connectivity index (χ2v) is 20.5. The van der Waals surface area contributed by atoms with Gasteiger partial charge in [0.15, 0.2) is 0 Å². The number of benzene rings is 7. The Morgan fingerprint density at radius 2 is 0.851 bits per heavy atom. The van der Waals surface area contributed by atoms with Crippen molar-refractivity contribution < 1.29 is 13.6 Å². The van der Waals surface area contributed by atoms with Gasteiger partial charge >= 0.3 is 6.03 Å². The van der Waals surface area contributed by atoms with Crippen LogP contribution in [0.25, 0.3) is 43.9 Å². The number of rotatable bonds is 4. The number of nitrogens with zero attached hydrogens (tertiary/aromatic N) is 3. The Labute approximate surface area is 393 Å². The molecule has 0 bridgehead atoms. The summed E-state index contributed by atoms with van der Waals surface area (Å²) in [7, 11) is 0. The van der Waals surface area contributed by atoms with Crippen molar-refractivity contribution in [3.05, 3.63) is 183 Å². The van der Waals surface area contributed by atoms with E-state index < -0.39 is 0 Å². The maximum Gasteiger partial charge on any atom is 0.340 e. The minimum absolute atomic E-state index is 0.156. The Morgan fingerprint density at radius 3 is 1.25 bits per heavy atom. The zero-order valence-corrected chi connectivity index (χ0v) is 40.3. The number of amides is 2. The SMILES string of the molecule is CC1=C2N3C(=C(C)B(c4c(C)cc(C)cc4C)c4cc(C(C)(C)C)cc(c43)B1c1c(C)cc(C)cc1C)N(c1cccc3oc4ccccc4c13)C(=O)N2c1cccc2oc3ccccc3c12. The molecule has 0 atom stereocenters. The lowest BCUT2D eigenvalue weighted by Crippen LogP contribution is -2.68. The molecule has 3 aliphatic rings. The number of hydrogen-bond acceptors (Lipinski definition) is 4. The van der Waals surface area contributed by atoms with Crippen LogP contribution in [0.2, 0.25) is 0 Å². The molecule has 0 spiro atoms. The summed E-state index contributed by atoms with van der Waals surface area (Å²) < 4.78 is 13.2. The van der Waals surface area contributed by atoms with E-state index >= 15 is 4.79 Å². The first-order valence-corrected chi connectivity index (χ1v) is 23.6. The maximum absolute atomic E-state index is 16.9.